The molecule has 1 aromatic rings. The quantitative estimate of drug-likeness (QED) is 0.732. The molecule has 1 aliphatic carbocycles. The second-order valence-corrected chi connectivity index (χ2v) is 7.67. The van der Waals surface area contributed by atoms with E-state index in [0.29, 0.717) is 29.8 Å². The van der Waals surface area contributed by atoms with Crippen LogP contribution in [0.2, 0.25) is 0 Å². The zero-order valence-electron chi connectivity index (χ0n) is 13.2. The molecule has 21 heavy (non-hydrogen) atoms. The van der Waals surface area contributed by atoms with Crippen LogP contribution in [0.1, 0.15) is 39.3 Å². The first kappa shape index (κ1) is 16.5. The van der Waals surface area contributed by atoms with Gasteiger partial charge in [0.15, 0.2) is 0 Å². The van der Waals surface area contributed by atoms with Crippen molar-refractivity contribution < 1.29 is 8.42 Å². The average Bonchev–Trinajstić information content (AvgIpc) is 3.22. The van der Waals surface area contributed by atoms with Gasteiger partial charge in [0.2, 0.25) is 10.0 Å². The highest BCUT2D eigenvalue weighted by Gasteiger charge is 2.29. The van der Waals surface area contributed by atoms with E-state index in [1.54, 1.807) is 12.3 Å². The van der Waals surface area contributed by atoms with Gasteiger partial charge in [0.25, 0.3) is 0 Å². The molecule has 1 atom stereocenters. The number of sulfonamides is 1. The molecule has 1 aromatic heterocycles. The van der Waals surface area contributed by atoms with E-state index in [4.69, 9.17) is 0 Å². The lowest BCUT2D eigenvalue weighted by atomic mass is 10.1. The Bertz CT molecular complexity index is 561. The zero-order valence-corrected chi connectivity index (χ0v) is 14.0. The Hall–Kier alpha value is -0.850. The number of aromatic nitrogens is 1. The van der Waals surface area contributed by atoms with Crippen molar-refractivity contribution >= 4 is 10.0 Å². The van der Waals surface area contributed by atoms with E-state index in [0.717, 1.165) is 18.8 Å². The normalized spacial score (nSPS) is 17.1. The second-order valence-electron chi connectivity index (χ2n) is 5.90. The van der Waals surface area contributed by atoms with Crippen molar-refractivity contribution in [3.8, 4) is 0 Å². The molecule has 1 aliphatic rings. The summed E-state index contributed by atoms with van der Waals surface area (Å²) in [7, 11) is -3.40. The Labute approximate surface area is 128 Å². The van der Waals surface area contributed by atoms with E-state index in [1.807, 2.05) is 18.4 Å². The third kappa shape index (κ3) is 4.31. The van der Waals surface area contributed by atoms with Crippen molar-refractivity contribution in [3.05, 3.63) is 18.0 Å². The maximum atomic E-state index is 12.4. The number of rotatable bonds is 9. The topological polar surface area (TPSA) is 63.1 Å². The van der Waals surface area contributed by atoms with Gasteiger partial charge in [-0.2, -0.15) is 0 Å². The first-order valence-corrected chi connectivity index (χ1v) is 9.35. The van der Waals surface area contributed by atoms with E-state index < -0.39 is 10.0 Å². The summed E-state index contributed by atoms with van der Waals surface area (Å²) >= 11 is 0. The largest absolute Gasteiger partial charge is 0.349 e. The summed E-state index contributed by atoms with van der Waals surface area (Å²) in [5.74, 6) is 1.13. The number of nitrogens with zero attached hydrogens (tertiary/aromatic N) is 1. The molecule has 0 bridgehead atoms. The molecular formula is C15H27N3O2S. The van der Waals surface area contributed by atoms with E-state index >= 15 is 0 Å². The monoisotopic (exact) mass is 313 g/mol. The van der Waals surface area contributed by atoms with Crippen LogP contribution >= 0.6 is 0 Å². The number of hydrogen-bond acceptors (Lipinski definition) is 3. The van der Waals surface area contributed by atoms with Crippen molar-refractivity contribution in [2.45, 2.75) is 51.6 Å². The summed E-state index contributed by atoms with van der Waals surface area (Å²) in [4.78, 5) is 0.375. The fraction of sp³-hybridized carbons (Fsp3) is 0.733. The molecule has 0 spiro atoms. The predicted octanol–water partition coefficient (Wildman–Crippen LogP) is 1.94. The molecule has 2 N–H and O–H groups in total. The van der Waals surface area contributed by atoms with Crippen LogP contribution in [0.15, 0.2) is 17.2 Å². The van der Waals surface area contributed by atoms with Crippen LogP contribution in [0.4, 0.5) is 0 Å². The Morgan fingerprint density at radius 3 is 2.67 bits per heavy atom. The van der Waals surface area contributed by atoms with Gasteiger partial charge in [-0.25, -0.2) is 13.1 Å². The van der Waals surface area contributed by atoms with Crippen molar-refractivity contribution in [3.63, 3.8) is 0 Å². The highest BCUT2D eigenvalue weighted by molar-refractivity contribution is 7.89. The first-order chi connectivity index (χ1) is 9.97. The van der Waals surface area contributed by atoms with Gasteiger partial charge < -0.3 is 9.88 Å². The summed E-state index contributed by atoms with van der Waals surface area (Å²) in [5.41, 5.74) is 1.01. The minimum atomic E-state index is -3.40. The van der Waals surface area contributed by atoms with Gasteiger partial charge >= 0.3 is 0 Å². The highest BCUT2D eigenvalue weighted by Crippen LogP contribution is 2.36. The summed E-state index contributed by atoms with van der Waals surface area (Å²) in [6.07, 6.45) is 4.21. The van der Waals surface area contributed by atoms with Crippen LogP contribution in [0.3, 0.4) is 0 Å². The highest BCUT2D eigenvalue weighted by atomic mass is 32.2. The van der Waals surface area contributed by atoms with Crippen LogP contribution < -0.4 is 10.0 Å². The minimum absolute atomic E-state index is 0.375. The van der Waals surface area contributed by atoms with Gasteiger partial charge in [0, 0.05) is 31.5 Å². The molecular weight excluding hydrogens is 286 g/mol. The molecule has 1 fully saturated rings. The Morgan fingerprint density at radius 2 is 2.10 bits per heavy atom. The zero-order chi connectivity index (χ0) is 15.5. The molecule has 2 rings (SSSR count). The van der Waals surface area contributed by atoms with Gasteiger partial charge in [0.1, 0.15) is 0 Å². The summed E-state index contributed by atoms with van der Waals surface area (Å²) in [6, 6.07) is 1.77. The molecule has 0 amide bonds. The Morgan fingerprint density at radius 1 is 1.38 bits per heavy atom. The van der Waals surface area contributed by atoms with Crippen molar-refractivity contribution in [1.82, 2.24) is 14.6 Å². The lowest BCUT2D eigenvalue weighted by Gasteiger charge is -2.11. The molecule has 0 aromatic carbocycles. The minimum Gasteiger partial charge on any atom is -0.349 e. The Balaban J connectivity index is 2.05. The number of aryl methyl sites for hydroxylation is 1. The van der Waals surface area contributed by atoms with Crippen LogP contribution in [0.5, 0.6) is 0 Å². The second kappa shape index (κ2) is 6.94. The molecule has 120 valence electrons. The Kier molecular flexibility index (Phi) is 5.46. The van der Waals surface area contributed by atoms with Crippen molar-refractivity contribution in [1.29, 1.82) is 0 Å². The predicted molar refractivity (Wildman–Crippen MR) is 84.6 cm³/mol. The van der Waals surface area contributed by atoms with Gasteiger partial charge in [0.05, 0.1) is 4.90 Å². The molecule has 0 radical (unpaired) electrons. The van der Waals surface area contributed by atoms with E-state index in [2.05, 4.69) is 17.0 Å². The molecule has 6 heteroatoms. The summed E-state index contributed by atoms with van der Waals surface area (Å²) < 4.78 is 29.5. The van der Waals surface area contributed by atoms with E-state index in [-0.39, 0.29) is 0 Å². The standard InChI is InChI=1S/C15H27N3O2S/c1-4-16-10-14-8-15(11-18(14)5-2)21(19,20)17-9-12(3)13-6-7-13/h8,11-13,16-17H,4-7,9-10H2,1-3H3. The first-order valence-electron chi connectivity index (χ1n) is 7.87. The number of nitrogens with one attached hydrogen (secondary N) is 2. The van der Waals surface area contributed by atoms with E-state index in [9.17, 15) is 8.42 Å². The lowest BCUT2D eigenvalue weighted by Crippen LogP contribution is -2.29. The summed E-state index contributed by atoms with van der Waals surface area (Å²) in [5, 5.41) is 3.24. The van der Waals surface area contributed by atoms with Gasteiger partial charge in [-0.3, -0.25) is 0 Å². The lowest BCUT2D eigenvalue weighted by molar-refractivity contribution is 0.492. The molecule has 1 unspecified atom stereocenters. The van der Waals surface area contributed by atoms with Crippen LogP contribution in [0.25, 0.3) is 0 Å². The van der Waals surface area contributed by atoms with Gasteiger partial charge in [-0.15, -0.1) is 0 Å². The SMILES string of the molecule is CCNCc1cc(S(=O)(=O)NCC(C)C2CC2)cn1CC. The maximum Gasteiger partial charge on any atom is 0.242 e. The van der Waals surface area contributed by atoms with Crippen LogP contribution in [-0.2, 0) is 23.1 Å². The molecule has 0 saturated heterocycles. The fourth-order valence-corrected chi connectivity index (χ4v) is 3.73. The molecule has 0 aliphatic heterocycles. The van der Waals surface area contributed by atoms with E-state index in [1.165, 1.54) is 12.8 Å². The average molecular weight is 313 g/mol. The van der Waals surface area contributed by atoms with Crippen molar-refractivity contribution in [2.75, 3.05) is 13.1 Å². The molecule has 5 nitrogen and oxygen atoms in total. The van der Waals surface area contributed by atoms with Crippen LogP contribution in [0, 0.1) is 11.8 Å². The molecule has 1 saturated carbocycles. The van der Waals surface area contributed by atoms with Gasteiger partial charge in [-0.1, -0.05) is 13.8 Å². The van der Waals surface area contributed by atoms with Crippen LogP contribution in [-0.4, -0.2) is 26.1 Å². The fourth-order valence-electron chi connectivity index (χ4n) is 2.52. The van der Waals surface area contributed by atoms with Crippen molar-refractivity contribution in [2.24, 2.45) is 11.8 Å². The number of hydrogen-bond donors (Lipinski definition) is 2. The maximum absolute atomic E-state index is 12.4. The smallest absolute Gasteiger partial charge is 0.242 e. The van der Waals surface area contributed by atoms with Gasteiger partial charge in [-0.05, 0) is 44.2 Å². The third-order valence-electron chi connectivity index (χ3n) is 4.19. The summed E-state index contributed by atoms with van der Waals surface area (Å²) in [6.45, 7) is 9.05. The third-order valence-corrected chi connectivity index (χ3v) is 5.58. The molecule has 1 heterocycles.